The summed E-state index contributed by atoms with van der Waals surface area (Å²) in [6.45, 7) is 3.54. The van der Waals surface area contributed by atoms with E-state index in [9.17, 15) is 24.4 Å². The van der Waals surface area contributed by atoms with Crippen molar-refractivity contribution in [1.29, 1.82) is 5.26 Å². The van der Waals surface area contributed by atoms with Crippen molar-refractivity contribution in [2.75, 3.05) is 0 Å². The maximum Gasteiger partial charge on any atom is 0.337 e. The van der Waals surface area contributed by atoms with Crippen LogP contribution in [0, 0.1) is 11.3 Å². The predicted molar refractivity (Wildman–Crippen MR) is 149 cm³/mol. The maximum atomic E-state index is 13.8. The summed E-state index contributed by atoms with van der Waals surface area (Å²) in [5.74, 6) is -2.79. The lowest BCUT2D eigenvalue weighted by Gasteiger charge is -2.30. The van der Waals surface area contributed by atoms with Crippen LogP contribution in [0.3, 0.4) is 0 Å². The molecule has 2 unspecified atom stereocenters. The molecular formula is C33H25N3O5. The predicted octanol–water partition coefficient (Wildman–Crippen LogP) is 4.53. The SMILES string of the molecule is CC1=C(C#N)C(c2cccc3c2-c2ccccc2C3=O)C(C(=O)OC2CC(=O)N(Cc3ccccc3)C2=O)=C(C)N1. The Balaban J connectivity index is 1.37. The molecule has 2 atom stereocenters. The molecule has 3 aliphatic rings. The molecule has 1 N–H and O–H groups in total. The average Bonchev–Trinajstić information content (AvgIpc) is 3.41. The molecule has 3 aromatic carbocycles. The summed E-state index contributed by atoms with van der Waals surface area (Å²) >= 11 is 0. The van der Waals surface area contributed by atoms with Gasteiger partial charge in [0.25, 0.3) is 5.91 Å². The number of amides is 2. The minimum atomic E-state index is -1.28. The Morgan fingerprint density at radius 1 is 0.927 bits per heavy atom. The molecule has 2 heterocycles. The molecule has 202 valence electrons. The second-order valence-corrected chi connectivity index (χ2v) is 10.3. The summed E-state index contributed by atoms with van der Waals surface area (Å²) in [5.41, 5.74) is 5.33. The number of benzene rings is 3. The number of nitrogens with one attached hydrogen (secondary N) is 1. The molecule has 2 amide bonds. The fourth-order valence-corrected chi connectivity index (χ4v) is 5.94. The molecule has 6 rings (SSSR count). The zero-order valence-corrected chi connectivity index (χ0v) is 22.4. The fourth-order valence-electron chi connectivity index (χ4n) is 5.94. The molecule has 0 spiro atoms. The van der Waals surface area contributed by atoms with Crippen molar-refractivity contribution in [3.8, 4) is 17.2 Å². The molecule has 0 saturated carbocycles. The van der Waals surface area contributed by atoms with Gasteiger partial charge in [0.05, 0.1) is 36.1 Å². The second kappa shape index (κ2) is 10.0. The van der Waals surface area contributed by atoms with E-state index in [1.165, 1.54) is 0 Å². The number of fused-ring (bicyclic) bond motifs is 3. The zero-order chi connectivity index (χ0) is 28.8. The van der Waals surface area contributed by atoms with Crippen molar-refractivity contribution in [2.24, 2.45) is 0 Å². The lowest BCUT2D eigenvalue weighted by Crippen LogP contribution is -2.35. The Kier molecular flexibility index (Phi) is 6.35. The van der Waals surface area contributed by atoms with Gasteiger partial charge >= 0.3 is 5.97 Å². The Morgan fingerprint density at radius 2 is 1.61 bits per heavy atom. The van der Waals surface area contributed by atoms with E-state index in [4.69, 9.17) is 4.74 Å². The number of hydrogen-bond acceptors (Lipinski definition) is 7. The van der Waals surface area contributed by atoms with Crippen LogP contribution >= 0.6 is 0 Å². The number of likely N-dealkylation sites (tertiary alicyclic amines) is 1. The van der Waals surface area contributed by atoms with E-state index >= 15 is 0 Å². The van der Waals surface area contributed by atoms with E-state index < -0.39 is 29.8 Å². The number of rotatable bonds is 5. The molecule has 0 radical (unpaired) electrons. The van der Waals surface area contributed by atoms with Crippen LogP contribution in [0.5, 0.6) is 0 Å². The Labute approximate surface area is 236 Å². The molecule has 2 aliphatic heterocycles. The highest BCUT2D eigenvalue weighted by Gasteiger charge is 2.44. The zero-order valence-electron chi connectivity index (χ0n) is 22.4. The Hall–Kier alpha value is -5.29. The van der Waals surface area contributed by atoms with Crippen molar-refractivity contribution >= 4 is 23.6 Å². The minimum absolute atomic E-state index is 0.0859. The Morgan fingerprint density at radius 3 is 2.34 bits per heavy atom. The molecule has 8 heteroatoms. The third-order valence-electron chi connectivity index (χ3n) is 7.83. The van der Waals surface area contributed by atoms with Gasteiger partial charge in [0.15, 0.2) is 11.9 Å². The van der Waals surface area contributed by atoms with Gasteiger partial charge in [0, 0.05) is 22.5 Å². The first-order chi connectivity index (χ1) is 19.8. The lowest BCUT2D eigenvalue weighted by atomic mass is 9.78. The van der Waals surface area contributed by atoms with E-state index in [2.05, 4.69) is 11.4 Å². The number of ether oxygens (including phenoxy) is 1. The van der Waals surface area contributed by atoms with Gasteiger partial charge < -0.3 is 10.1 Å². The first-order valence-electron chi connectivity index (χ1n) is 13.2. The van der Waals surface area contributed by atoms with Crippen LogP contribution in [0.4, 0.5) is 0 Å². The van der Waals surface area contributed by atoms with Crippen LogP contribution in [0.25, 0.3) is 11.1 Å². The molecule has 3 aromatic rings. The normalized spacial score (nSPS) is 19.6. The first-order valence-corrected chi connectivity index (χ1v) is 13.2. The summed E-state index contributed by atoms with van der Waals surface area (Å²) in [7, 11) is 0. The monoisotopic (exact) mass is 543 g/mol. The molecular weight excluding hydrogens is 518 g/mol. The smallest absolute Gasteiger partial charge is 0.337 e. The molecule has 8 nitrogen and oxygen atoms in total. The first kappa shape index (κ1) is 26.0. The number of esters is 1. The Bertz CT molecular complexity index is 1760. The standard InChI is InChI=1S/C33H25N3O5/c1-18-25(16-34)30(23-13-8-14-24-29(23)21-11-6-7-12-22(21)31(24)38)28(19(2)35-18)33(40)41-26-15-27(37)36(32(26)39)17-20-9-4-3-5-10-20/h3-14,26,30,35H,15,17H2,1-2H3. The summed E-state index contributed by atoms with van der Waals surface area (Å²) in [5, 5.41) is 13.3. The minimum Gasteiger partial charge on any atom is -0.448 e. The van der Waals surface area contributed by atoms with Gasteiger partial charge in [0.2, 0.25) is 5.91 Å². The van der Waals surface area contributed by atoms with Gasteiger partial charge in [-0.25, -0.2) is 4.79 Å². The third-order valence-corrected chi connectivity index (χ3v) is 7.83. The van der Waals surface area contributed by atoms with E-state index in [1.54, 1.807) is 44.2 Å². The van der Waals surface area contributed by atoms with Gasteiger partial charge in [-0.05, 0) is 36.1 Å². The van der Waals surface area contributed by atoms with Crippen LogP contribution in [0.15, 0.2) is 95.3 Å². The average molecular weight is 544 g/mol. The molecule has 0 aromatic heterocycles. The maximum absolute atomic E-state index is 13.8. The van der Waals surface area contributed by atoms with E-state index in [1.807, 2.05) is 42.5 Å². The number of hydrogen-bond donors (Lipinski definition) is 1. The number of dihydropyridines is 1. The van der Waals surface area contributed by atoms with Crippen molar-refractivity contribution in [3.63, 3.8) is 0 Å². The van der Waals surface area contributed by atoms with Crippen LogP contribution in [0.2, 0.25) is 0 Å². The molecule has 0 bridgehead atoms. The van der Waals surface area contributed by atoms with Gasteiger partial charge in [0.1, 0.15) is 0 Å². The number of carbonyl (C=O) groups excluding carboxylic acids is 4. The van der Waals surface area contributed by atoms with Gasteiger partial charge in [-0.2, -0.15) is 5.26 Å². The number of nitriles is 1. The van der Waals surface area contributed by atoms with Crippen LogP contribution in [-0.4, -0.2) is 34.6 Å². The summed E-state index contributed by atoms with van der Waals surface area (Å²) in [6, 6.07) is 23.9. The van der Waals surface area contributed by atoms with Crippen molar-refractivity contribution in [1.82, 2.24) is 10.2 Å². The quantitative estimate of drug-likeness (QED) is 0.290. The second-order valence-electron chi connectivity index (χ2n) is 10.3. The number of ketones is 1. The highest BCUT2D eigenvalue weighted by atomic mass is 16.5. The largest absolute Gasteiger partial charge is 0.448 e. The molecule has 41 heavy (non-hydrogen) atoms. The van der Waals surface area contributed by atoms with Crippen LogP contribution in [-0.2, 0) is 25.7 Å². The fraction of sp³-hybridized carbons (Fsp3) is 0.182. The van der Waals surface area contributed by atoms with Gasteiger partial charge in [-0.3, -0.25) is 19.3 Å². The van der Waals surface area contributed by atoms with Crippen molar-refractivity contribution in [2.45, 2.75) is 38.8 Å². The van der Waals surface area contributed by atoms with E-state index in [0.717, 1.165) is 16.0 Å². The van der Waals surface area contributed by atoms with Crippen molar-refractivity contribution in [3.05, 3.63) is 118 Å². The van der Waals surface area contributed by atoms with E-state index in [0.29, 0.717) is 39.2 Å². The van der Waals surface area contributed by atoms with Gasteiger partial charge in [-0.15, -0.1) is 0 Å². The number of allylic oxidation sites excluding steroid dienone is 3. The third kappa shape index (κ3) is 4.23. The van der Waals surface area contributed by atoms with Crippen LogP contribution in [0.1, 0.15) is 53.2 Å². The van der Waals surface area contributed by atoms with E-state index in [-0.39, 0.29) is 24.3 Å². The van der Waals surface area contributed by atoms with Crippen LogP contribution < -0.4 is 5.32 Å². The van der Waals surface area contributed by atoms with Crippen molar-refractivity contribution < 1.29 is 23.9 Å². The summed E-state index contributed by atoms with van der Waals surface area (Å²) < 4.78 is 5.71. The highest BCUT2D eigenvalue weighted by molar-refractivity contribution is 6.22. The lowest BCUT2D eigenvalue weighted by molar-refractivity contribution is -0.153. The van der Waals surface area contributed by atoms with Gasteiger partial charge in [-0.1, -0.05) is 72.8 Å². The molecule has 1 aliphatic carbocycles. The molecule has 1 fully saturated rings. The number of imide groups is 1. The topological polar surface area (TPSA) is 117 Å². The highest BCUT2D eigenvalue weighted by Crippen LogP contribution is 2.47. The number of nitrogens with zero attached hydrogens (tertiary/aromatic N) is 2. The molecule has 1 saturated heterocycles. The summed E-state index contributed by atoms with van der Waals surface area (Å²) in [4.78, 5) is 54.1. The number of carbonyl (C=O) groups is 4. The summed E-state index contributed by atoms with van der Waals surface area (Å²) in [6.07, 6.45) is -1.54.